The van der Waals surface area contributed by atoms with E-state index in [9.17, 15) is 9.59 Å². The summed E-state index contributed by atoms with van der Waals surface area (Å²) in [6, 6.07) is 15.4. The van der Waals surface area contributed by atoms with Gasteiger partial charge in [-0.05, 0) is 55.7 Å². The van der Waals surface area contributed by atoms with Crippen molar-refractivity contribution < 1.29 is 9.59 Å². The zero-order valence-electron chi connectivity index (χ0n) is 15.4. The minimum absolute atomic E-state index is 0.0939. The Bertz CT molecular complexity index is 982. The van der Waals surface area contributed by atoms with Gasteiger partial charge in [-0.2, -0.15) is 0 Å². The molecular formula is C22H23N3O2. The average Bonchev–Trinajstić information content (AvgIpc) is 3.35. The second-order valence-electron chi connectivity index (χ2n) is 7.15. The quantitative estimate of drug-likeness (QED) is 0.745. The summed E-state index contributed by atoms with van der Waals surface area (Å²) in [5.41, 5.74) is 4.34. The lowest BCUT2D eigenvalue weighted by Gasteiger charge is -2.15. The number of aromatic amines is 1. The number of aryl methyl sites for hydroxylation is 1. The molecule has 4 rings (SSSR count). The Morgan fingerprint density at radius 1 is 1.04 bits per heavy atom. The van der Waals surface area contributed by atoms with E-state index in [0.29, 0.717) is 17.8 Å². The summed E-state index contributed by atoms with van der Waals surface area (Å²) in [5, 5.41) is 3.96. The molecule has 0 bridgehead atoms. The second-order valence-corrected chi connectivity index (χ2v) is 7.15. The van der Waals surface area contributed by atoms with Gasteiger partial charge in [0.05, 0.1) is 0 Å². The first-order valence-electron chi connectivity index (χ1n) is 9.36. The van der Waals surface area contributed by atoms with E-state index in [-0.39, 0.29) is 11.8 Å². The topological polar surface area (TPSA) is 65.2 Å². The van der Waals surface area contributed by atoms with Crippen LogP contribution in [0, 0.1) is 6.92 Å². The lowest BCUT2D eigenvalue weighted by molar-refractivity contribution is 0.0792. The van der Waals surface area contributed by atoms with Gasteiger partial charge in [0, 0.05) is 36.1 Å². The molecule has 1 aromatic heterocycles. The highest BCUT2D eigenvalue weighted by atomic mass is 16.2. The number of fused-ring (bicyclic) bond motifs is 1. The zero-order valence-corrected chi connectivity index (χ0v) is 15.4. The molecule has 0 unspecified atom stereocenters. The molecule has 1 aliphatic rings. The van der Waals surface area contributed by atoms with Crippen molar-refractivity contribution in [2.24, 2.45) is 0 Å². The fraction of sp³-hybridized carbons (Fsp3) is 0.273. The molecule has 0 saturated carbocycles. The Labute approximate surface area is 158 Å². The van der Waals surface area contributed by atoms with E-state index in [4.69, 9.17) is 0 Å². The highest BCUT2D eigenvalue weighted by molar-refractivity contribution is 5.98. The predicted molar refractivity (Wildman–Crippen MR) is 106 cm³/mol. The number of amides is 2. The molecule has 0 aliphatic carbocycles. The Morgan fingerprint density at radius 2 is 1.78 bits per heavy atom. The molecule has 0 spiro atoms. The smallest absolute Gasteiger partial charge is 0.267 e. The van der Waals surface area contributed by atoms with Crippen LogP contribution in [0.2, 0.25) is 0 Å². The maximum absolute atomic E-state index is 12.4. The lowest BCUT2D eigenvalue weighted by Crippen LogP contribution is -2.27. The van der Waals surface area contributed by atoms with Gasteiger partial charge < -0.3 is 15.2 Å². The third-order valence-corrected chi connectivity index (χ3v) is 5.07. The largest absolute Gasteiger partial charge is 0.351 e. The first-order chi connectivity index (χ1) is 13.1. The van der Waals surface area contributed by atoms with Gasteiger partial charge in [-0.25, -0.2) is 0 Å². The van der Waals surface area contributed by atoms with Crippen LogP contribution < -0.4 is 5.32 Å². The Balaban J connectivity index is 1.38. The minimum atomic E-state index is -0.138. The summed E-state index contributed by atoms with van der Waals surface area (Å²) in [6.45, 7) is 4.15. The average molecular weight is 361 g/mol. The summed E-state index contributed by atoms with van der Waals surface area (Å²) in [5.74, 6) is -0.0440. The maximum atomic E-state index is 12.4. The van der Waals surface area contributed by atoms with Crippen molar-refractivity contribution in [1.82, 2.24) is 15.2 Å². The number of likely N-dealkylation sites (tertiary alicyclic amines) is 1. The molecule has 0 radical (unpaired) electrons. The van der Waals surface area contributed by atoms with Crippen LogP contribution >= 0.6 is 0 Å². The summed E-state index contributed by atoms with van der Waals surface area (Å²) in [7, 11) is 0. The molecule has 5 heteroatoms. The summed E-state index contributed by atoms with van der Waals surface area (Å²) in [4.78, 5) is 29.8. The minimum Gasteiger partial charge on any atom is -0.351 e. The van der Waals surface area contributed by atoms with Crippen LogP contribution in [0.1, 0.15) is 44.8 Å². The SMILES string of the molecule is Cc1ccc2[nH]c(C(=O)NCc3ccc(C(=O)N4CCCC4)cc3)cc2c1. The number of benzene rings is 2. The van der Waals surface area contributed by atoms with Gasteiger partial charge in [0.25, 0.3) is 11.8 Å². The van der Waals surface area contributed by atoms with Crippen LogP contribution in [0.3, 0.4) is 0 Å². The van der Waals surface area contributed by atoms with E-state index in [1.807, 2.05) is 54.3 Å². The molecule has 1 aliphatic heterocycles. The Hall–Kier alpha value is -3.08. The van der Waals surface area contributed by atoms with Gasteiger partial charge >= 0.3 is 0 Å². The van der Waals surface area contributed by atoms with E-state index < -0.39 is 0 Å². The number of aromatic nitrogens is 1. The molecule has 5 nitrogen and oxygen atoms in total. The molecule has 2 aromatic carbocycles. The molecule has 2 N–H and O–H groups in total. The van der Waals surface area contributed by atoms with Crippen molar-refractivity contribution in [1.29, 1.82) is 0 Å². The molecular weight excluding hydrogens is 338 g/mol. The number of carbonyl (C=O) groups is 2. The maximum Gasteiger partial charge on any atom is 0.267 e. The number of nitrogens with zero attached hydrogens (tertiary/aromatic N) is 1. The predicted octanol–water partition coefficient (Wildman–Crippen LogP) is 3.64. The molecule has 138 valence electrons. The van der Waals surface area contributed by atoms with Gasteiger partial charge in [-0.3, -0.25) is 9.59 Å². The van der Waals surface area contributed by atoms with Gasteiger partial charge in [0.2, 0.25) is 0 Å². The van der Waals surface area contributed by atoms with Crippen LogP contribution in [-0.4, -0.2) is 34.8 Å². The van der Waals surface area contributed by atoms with Crippen molar-refractivity contribution in [3.63, 3.8) is 0 Å². The Morgan fingerprint density at radius 3 is 2.52 bits per heavy atom. The van der Waals surface area contributed by atoms with Crippen LogP contribution in [0.5, 0.6) is 0 Å². The summed E-state index contributed by atoms with van der Waals surface area (Å²) in [6.07, 6.45) is 2.17. The van der Waals surface area contributed by atoms with Crippen molar-refractivity contribution in [3.05, 3.63) is 70.9 Å². The molecule has 3 aromatic rings. The fourth-order valence-corrected chi connectivity index (χ4v) is 3.52. The number of rotatable bonds is 4. The van der Waals surface area contributed by atoms with Crippen LogP contribution in [0.4, 0.5) is 0 Å². The molecule has 2 heterocycles. The van der Waals surface area contributed by atoms with E-state index in [2.05, 4.69) is 16.4 Å². The lowest BCUT2D eigenvalue weighted by atomic mass is 10.1. The number of nitrogens with one attached hydrogen (secondary N) is 2. The summed E-state index contributed by atoms with van der Waals surface area (Å²) >= 11 is 0. The van der Waals surface area contributed by atoms with Crippen LogP contribution in [-0.2, 0) is 6.54 Å². The first kappa shape index (κ1) is 17.3. The highest BCUT2D eigenvalue weighted by Gasteiger charge is 2.19. The van der Waals surface area contributed by atoms with E-state index in [0.717, 1.165) is 48.0 Å². The fourth-order valence-electron chi connectivity index (χ4n) is 3.52. The Kier molecular flexibility index (Phi) is 4.67. The number of hydrogen-bond acceptors (Lipinski definition) is 2. The van der Waals surface area contributed by atoms with Crippen LogP contribution in [0.15, 0.2) is 48.5 Å². The van der Waals surface area contributed by atoms with Crippen molar-refractivity contribution in [3.8, 4) is 0 Å². The van der Waals surface area contributed by atoms with E-state index in [1.54, 1.807) is 0 Å². The number of carbonyl (C=O) groups excluding carboxylic acids is 2. The van der Waals surface area contributed by atoms with Crippen LogP contribution in [0.25, 0.3) is 10.9 Å². The molecule has 1 fully saturated rings. The molecule has 2 amide bonds. The second kappa shape index (κ2) is 7.27. The third-order valence-electron chi connectivity index (χ3n) is 5.07. The van der Waals surface area contributed by atoms with Gasteiger partial charge in [0.1, 0.15) is 5.69 Å². The van der Waals surface area contributed by atoms with Gasteiger partial charge in [0.15, 0.2) is 0 Å². The summed E-state index contributed by atoms with van der Waals surface area (Å²) < 4.78 is 0. The molecule has 1 saturated heterocycles. The standard InChI is InChI=1S/C22H23N3O2/c1-15-4-9-19-18(12-15)13-20(24-19)21(26)23-14-16-5-7-17(8-6-16)22(27)25-10-2-3-11-25/h4-9,12-13,24H,2-3,10-11,14H2,1H3,(H,23,26). The van der Waals surface area contributed by atoms with Crippen molar-refractivity contribution in [2.45, 2.75) is 26.3 Å². The third kappa shape index (κ3) is 3.72. The molecule has 0 atom stereocenters. The van der Waals surface area contributed by atoms with E-state index >= 15 is 0 Å². The normalized spacial score (nSPS) is 13.9. The van der Waals surface area contributed by atoms with E-state index in [1.165, 1.54) is 0 Å². The number of H-pyrrole nitrogens is 1. The van der Waals surface area contributed by atoms with Gasteiger partial charge in [-0.15, -0.1) is 0 Å². The zero-order chi connectivity index (χ0) is 18.8. The highest BCUT2D eigenvalue weighted by Crippen LogP contribution is 2.17. The van der Waals surface area contributed by atoms with Crippen molar-refractivity contribution >= 4 is 22.7 Å². The first-order valence-corrected chi connectivity index (χ1v) is 9.36. The monoisotopic (exact) mass is 361 g/mol. The molecule has 27 heavy (non-hydrogen) atoms. The van der Waals surface area contributed by atoms with Crippen molar-refractivity contribution in [2.75, 3.05) is 13.1 Å². The number of hydrogen-bond donors (Lipinski definition) is 2. The van der Waals surface area contributed by atoms with Gasteiger partial charge in [-0.1, -0.05) is 23.8 Å².